The Kier molecular flexibility index (Phi) is 2.87. The third-order valence-electron chi connectivity index (χ3n) is 4.75. The lowest BCUT2D eigenvalue weighted by molar-refractivity contribution is -0.385. The van der Waals surface area contributed by atoms with Crippen LogP contribution in [0.3, 0.4) is 0 Å². The summed E-state index contributed by atoms with van der Waals surface area (Å²) in [5, 5.41) is 20.5. The Morgan fingerprint density at radius 1 is 1.13 bits per heavy atom. The van der Waals surface area contributed by atoms with Crippen LogP contribution in [0.4, 0.5) is 5.69 Å². The van der Waals surface area contributed by atoms with Gasteiger partial charge in [-0.1, -0.05) is 24.3 Å². The number of nitrogens with zero attached hydrogens (tertiary/aromatic N) is 2. The van der Waals surface area contributed by atoms with E-state index in [9.17, 15) is 20.0 Å². The fraction of sp³-hybridized carbons (Fsp3) is 0.235. The average molecular weight is 310 g/mol. The SMILES string of the molecule is O=C(c1ccc([N+](=O)[O-])c(O)c1)N1C2CCC1c1ccccc12. The van der Waals surface area contributed by atoms with Crippen molar-refractivity contribution in [3.05, 3.63) is 69.3 Å². The Bertz CT molecular complexity index is 802. The normalized spacial score (nSPS) is 21.3. The van der Waals surface area contributed by atoms with Gasteiger partial charge in [0.25, 0.3) is 5.91 Å². The molecule has 6 heteroatoms. The van der Waals surface area contributed by atoms with Crippen LogP contribution in [0.25, 0.3) is 0 Å². The van der Waals surface area contributed by atoms with E-state index in [1.165, 1.54) is 29.3 Å². The van der Waals surface area contributed by atoms with Crippen LogP contribution in [0.15, 0.2) is 42.5 Å². The quantitative estimate of drug-likeness (QED) is 0.681. The second kappa shape index (κ2) is 4.81. The monoisotopic (exact) mass is 310 g/mol. The summed E-state index contributed by atoms with van der Waals surface area (Å²) in [6.07, 6.45) is 1.85. The van der Waals surface area contributed by atoms with Crippen LogP contribution < -0.4 is 0 Å². The van der Waals surface area contributed by atoms with Gasteiger partial charge in [-0.3, -0.25) is 14.9 Å². The van der Waals surface area contributed by atoms with Gasteiger partial charge in [-0.05, 0) is 36.1 Å². The molecule has 2 aromatic rings. The smallest absolute Gasteiger partial charge is 0.310 e. The minimum absolute atomic E-state index is 0.0565. The Balaban J connectivity index is 1.69. The summed E-state index contributed by atoms with van der Waals surface area (Å²) in [5.41, 5.74) is 2.25. The molecule has 0 aromatic heterocycles. The Labute approximate surface area is 132 Å². The molecule has 0 saturated carbocycles. The van der Waals surface area contributed by atoms with Crippen molar-refractivity contribution in [1.29, 1.82) is 0 Å². The number of phenolic OH excluding ortho intramolecular Hbond substituents is 1. The summed E-state index contributed by atoms with van der Waals surface area (Å²) in [6.45, 7) is 0. The third kappa shape index (κ3) is 1.91. The lowest BCUT2D eigenvalue weighted by Crippen LogP contribution is -2.27. The standard InChI is InChI=1S/C17H14N2O4/c20-16-9-10(5-6-15(16)19(22)23)17(21)18-13-7-8-14(18)12-4-2-1-3-11(12)13/h1-6,9,13-14,20H,7-8H2. The molecule has 23 heavy (non-hydrogen) atoms. The summed E-state index contributed by atoms with van der Waals surface area (Å²) in [5.74, 6) is -0.677. The van der Waals surface area contributed by atoms with Gasteiger partial charge in [0.2, 0.25) is 0 Å². The van der Waals surface area contributed by atoms with E-state index >= 15 is 0 Å². The average Bonchev–Trinajstić information content (AvgIpc) is 3.11. The van der Waals surface area contributed by atoms with Crippen molar-refractivity contribution in [2.24, 2.45) is 0 Å². The molecule has 2 aromatic carbocycles. The number of phenols is 1. The molecule has 2 aliphatic heterocycles. The van der Waals surface area contributed by atoms with E-state index in [-0.39, 0.29) is 23.6 Å². The zero-order valence-corrected chi connectivity index (χ0v) is 12.2. The van der Waals surface area contributed by atoms with E-state index in [0.717, 1.165) is 12.8 Å². The minimum atomic E-state index is -0.668. The Morgan fingerprint density at radius 3 is 2.26 bits per heavy atom. The number of hydrogen-bond acceptors (Lipinski definition) is 4. The lowest BCUT2D eigenvalue weighted by atomic mass is 9.92. The molecule has 0 spiro atoms. The molecule has 2 bridgehead atoms. The minimum Gasteiger partial charge on any atom is -0.502 e. The first kappa shape index (κ1) is 13.8. The Morgan fingerprint density at radius 2 is 1.74 bits per heavy atom. The molecule has 2 aliphatic rings. The molecular weight excluding hydrogens is 296 g/mol. The van der Waals surface area contributed by atoms with Crippen molar-refractivity contribution < 1.29 is 14.8 Å². The number of carbonyl (C=O) groups excluding carboxylic acids is 1. The van der Waals surface area contributed by atoms with Crippen molar-refractivity contribution in [1.82, 2.24) is 4.90 Å². The number of nitro groups is 1. The number of benzene rings is 2. The number of hydrogen-bond donors (Lipinski definition) is 1. The van der Waals surface area contributed by atoms with Crippen LogP contribution in [0.2, 0.25) is 0 Å². The van der Waals surface area contributed by atoms with E-state index in [1.807, 2.05) is 29.2 Å². The highest BCUT2D eigenvalue weighted by atomic mass is 16.6. The molecule has 2 unspecified atom stereocenters. The molecule has 1 N–H and O–H groups in total. The molecule has 1 fully saturated rings. The predicted octanol–water partition coefficient (Wildman–Crippen LogP) is 3.33. The first-order valence-corrected chi connectivity index (χ1v) is 7.47. The van der Waals surface area contributed by atoms with Gasteiger partial charge in [0, 0.05) is 11.6 Å². The summed E-state index contributed by atoms with van der Waals surface area (Å²) in [7, 11) is 0. The van der Waals surface area contributed by atoms with Crippen molar-refractivity contribution in [2.75, 3.05) is 0 Å². The number of amides is 1. The fourth-order valence-corrected chi connectivity index (χ4v) is 3.78. The summed E-state index contributed by atoms with van der Waals surface area (Å²) >= 11 is 0. The highest BCUT2D eigenvalue weighted by Gasteiger charge is 2.46. The third-order valence-corrected chi connectivity index (χ3v) is 4.75. The number of rotatable bonds is 2. The fourth-order valence-electron chi connectivity index (χ4n) is 3.78. The second-order valence-electron chi connectivity index (χ2n) is 5.91. The first-order chi connectivity index (χ1) is 11.1. The van der Waals surface area contributed by atoms with Crippen LogP contribution in [-0.2, 0) is 0 Å². The van der Waals surface area contributed by atoms with Gasteiger partial charge in [0.05, 0.1) is 17.0 Å². The van der Waals surface area contributed by atoms with E-state index < -0.39 is 16.4 Å². The van der Waals surface area contributed by atoms with Gasteiger partial charge in [0.1, 0.15) is 0 Å². The summed E-state index contributed by atoms with van der Waals surface area (Å²) in [4.78, 5) is 24.8. The Hall–Kier alpha value is -2.89. The van der Waals surface area contributed by atoms with E-state index in [2.05, 4.69) is 0 Å². The van der Waals surface area contributed by atoms with Crippen LogP contribution in [0.5, 0.6) is 5.75 Å². The first-order valence-electron chi connectivity index (χ1n) is 7.47. The molecule has 2 heterocycles. The van der Waals surface area contributed by atoms with Crippen LogP contribution >= 0.6 is 0 Å². The van der Waals surface area contributed by atoms with Crippen molar-refractivity contribution in [3.8, 4) is 5.75 Å². The lowest BCUT2D eigenvalue weighted by Gasteiger charge is -2.22. The second-order valence-corrected chi connectivity index (χ2v) is 5.91. The highest BCUT2D eigenvalue weighted by Crippen LogP contribution is 2.53. The van der Waals surface area contributed by atoms with E-state index in [0.29, 0.717) is 0 Å². The van der Waals surface area contributed by atoms with Crippen LogP contribution in [0, 0.1) is 10.1 Å². The number of aromatic hydroxyl groups is 1. The van der Waals surface area contributed by atoms with Crippen LogP contribution in [0.1, 0.15) is 46.4 Å². The van der Waals surface area contributed by atoms with Gasteiger partial charge in [-0.15, -0.1) is 0 Å². The maximum Gasteiger partial charge on any atom is 0.310 e. The molecule has 4 rings (SSSR count). The van der Waals surface area contributed by atoms with Gasteiger partial charge in [0.15, 0.2) is 5.75 Å². The maximum absolute atomic E-state index is 12.9. The molecule has 1 saturated heterocycles. The molecule has 0 aliphatic carbocycles. The zero-order chi connectivity index (χ0) is 16.1. The van der Waals surface area contributed by atoms with Gasteiger partial charge >= 0.3 is 5.69 Å². The van der Waals surface area contributed by atoms with Crippen LogP contribution in [-0.4, -0.2) is 20.8 Å². The number of carbonyl (C=O) groups is 1. The topological polar surface area (TPSA) is 83.7 Å². The molecule has 0 radical (unpaired) electrons. The molecule has 2 atom stereocenters. The number of nitro benzene ring substituents is 1. The largest absolute Gasteiger partial charge is 0.502 e. The molecular formula is C17H14N2O4. The van der Waals surface area contributed by atoms with E-state index in [1.54, 1.807) is 0 Å². The van der Waals surface area contributed by atoms with Crippen molar-refractivity contribution in [3.63, 3.8) is 0 Å². The molecule has 1 amide bonds. The maximum atomic E-state index is 12.9. The summed E-state index contributed by atoms with van der Waals surface area (Å²) in [6, 6.07) is 11.9. The van der Waals surface area contributed by atoms with Gasteiger partial charge in [-0.25, -0.2) is 0 Å². The van der Waals surface area contributed by atoms with Crippen molar-refractivity contribution >= 4 is 11.6 Å². The molecule has 116 valence electrons. The van der Waals surface area contributed by atoms with E-state index in [4.69, 9.17) is 0 Å². The number of fused-ring (bicyclic) bond motifs is 5. The van der Waals surface area contributed by atoms with Gasteiger partial charge < -0.3 is 10.0 Å². The summed E-state index contributed by atoms with van der Waals surface area (Å²) < 4.78 is 0. The molecule has 6 nitrogen and oxygen atoms in total. The van der Waals surface area contributed by atoms with Crippen molar-refractivity contribution in [2.45, 2.75) is 24.9 Å². The zero-order valence-electron chi connectivity index (χ0n) is 12.2. The van der Waals surface area contributed by atoms with Gasteiger partial charge in [-0.2, -0.15) is 0 Å². The highest BCUT2D eigenvalue weighted by molar-refractivity contribution is 5.96. The predicted molar refractivity (Wildman–Crippen MR) is 82.1 cm³/mol.